The number of halogens is 1. The number of carbonyl (C=O) groups is 1. The summed E-state index contributed by atoms with van der Waals surface area (Å²) in [6.07, 6.45) is 8.77. The lowest BCUT2D eigenvalue weighted by molar-refractivity contribution is -0.671. The quantitative estimate of drug-likeness (QED) is 0.450. The third-order valence-corrected chi connectivity index (χ3v) is 4.15. The van der Waals surface area contributed by atoms with Crippen LogP contribution in [0.4, 0.5) is 5.69 Å². The molecule has 0 unspecified atom stereocenters. The second kappa shape index (κ2) is 6.74. The van der Waals surface area contributed by atoms with E-state index in [1.807, 2.05) is 28.9 Å². The molecule has 4 nitrogen and oxygen atoms in total. The first kappa shape index (κ1) is 15.5. The van der Waals surface area contributed by atoms with Crippen molar-refractivity contribution in [1.82, 2.24) is 4.90 Å². The first-order valence-corrected chi connectivity index (χ1v) is 7.29. The molecule has 2 saturated heterocycles. The molecule has 2 aliphatic rings. The highest BCUT2D eigenvalue weighted by Crippen LogP contribution is 2.25. The minimum absolute atomic E-state index is 0. The van der Waals surface area contributed by atoms with Crippen LogP contribution in [0.5, 0.6) is 0 Å². The Hall–Kier alpha value is -0.850. The maximum absolute atomic E-state index is 12.7. The van der Waals surface area contributed by atoms with Crippen molar-refractivity contribution >= 4 is 11.6 Å². The van der Waals surface area contributed by atoms with E-state index in [-0.39, 0.29) is 29.9 Å². The molecule has 0 N–H and O–H groups in total. The van der Waals surface area contributed by atoms with Gasteiger partial charge in [-0.2, -0.15) is 0 Å². The van der Waals surface area contributed by atoms with Gasteiger partial charge in [-0.25, -0.2) is 4.57 Å². The molecule has 20 heavy (non-hydrogen) atoms. The fraction of sp³-hybridized carbons (Fsp3) is 0.600. The van der Waals surface area contributed by atoms with Gasteiger partial charge < -0.3 is 33.8 Å². The third kappa shape index (κ3) is 3.07. The zero-order valence-corrected chi connectivity index (χ0v) is 14.2. The number of anilines is 1. The second-order valence-electron chi connectivity index (χ2n) is 5.60. The largest absolute Gasteiger partial charge is 1.00 e. The number of aromatic nitrogens is 1. The van der Waals surface area contributed by atoms with Crippen LogP contribution in [0.1, 0.15) is 36.0 Å². The molecule has 2 aliphatic heterocycles. The van der Waals surface area contributed by atoms with Crippen LogP contribution < -0.4 is 33.4 Å². The predicted octanol–water partition coefficient (Wildman–Crippen LogP) is -1.65. The van der Waals surface area contributed by atoms with Crippen molar-refractivity contribution in [3.8, 4) is 0 Å². The Labute approximate surface area is 137 Å². The van der Waals surface area contributed by atoms with Crippen LogP contribution in [-0.4, -0.2) is 37.0 Å². The van der Waals surface area contributed by atoms with E-state index in [4.69, 9.17) is 0 Å². The van der Waals surface area contributed by atoms with Gasteiger partial charge in [0.15, 0.2) is 12.4 Å². The van der Waals surface area contributed by atoms with Gasteiger partial charge in [0.05, 0.1) is 5.69 Å². The third-order valence-electron chi connectivity index (χ3n) is 4.15. The zero-order chi connectivity index (χ0) is 13.2. The normalized spacial score (nSPS) is 18.2. The molecule has 3 heterocycles. The summed E-state index contributed by atoms with van der Waals surface area (Å²) in [6, 6.07) is 2.09. The van der Waals surface area contributed by atoms with Crippen LogP contribution in [0, 0.1) is 0 Å². The number of likely N-dealkylation sites (tertiary alicyclic amines) is 1. The Balaban J connectivity index is 0.00000147. The standard InChI is InChI=1S/C15H22N3O.HI/c1-16-11-6-14(17-7-2-3-8-17)13(12-16)15(19)18-9-4-5-10-18;/h6,11-12H,2-5,7-10H2,1H3;1H/q+1;/p-1. The molecular formula is C15H22IN3O. The fourth-order valence-corrected chi connectivity index (χ4v) is 3.08. The molecule has 3 rings (SSSR count). The van der Waals surface area contributed by atoms with Crippen molar-refractivity contribution in [2.75, 3.05) is 31.1 Å². The van der Waals surface area contributed by atoms with Crippen LogP contribution in [0.3, 0.4) is 0 Å². The number of nitrogens with zero attached hydrogens (tertiary/aromatic N) is 3. The Kier molecular flexibility index (Phi) is 5.23. The summed E-state index contributed by atoms with van der Waals surface area (Å²) in [5.41, 5.74) is 1.99. The van der Waals surface area contributed by atoms with Gasteiger partial charge in [0.2, 0.25) is 0 Å². The number of aryl methyl sites for hydroxylation is 1. The van der Waals surface area contributed by atoms with Crippen LogP contribution in [0.25, 0.3) is 0 Å². The van der Waals surface area contributed by atoms with Gasteiger partial charge >= 0.3 is 0 Å². The maximum atomic E-state index is 12.7. The van der Waals surface area contributed by atoms with Gasteiger partial charge in [-0.1, -0.05) is 0 Å². The fourth-order valence-electron chi connectivity index (χ4n) is 3.08. The summed E-state index contributed by atoms with van der Waals surface area (Å²) in [6.45, 7) is 3.98. The zero-order valence-electron chi connectivity index (χ0n) is 12.0. The number of pyridine rings is 1. The molecule has 0 atom stereocenters. The number of amides is 1. The first-order chi connectivity index (χ1) is 9.25. The van der Waals surface area contributed by atoms with Crippen LogP contribution in [-0.2, 0) is 7.05 Å². The van der Waals surface area contributed by atoms with Gasteiger partial charge in [-0.05, 0) is 25.7 Å². The minimum atomic E-state index is 0. The van der Waals surface area contributed by atoms with Gasteiger partial charge in [0.1, 0.15) is 12.6 Å². The molecule has 0 saturated carbocycles. The topological polar surface area (TPSA) is 27.4 Å². The van der Waals surface area contributed by atoms with Gasteiger partial charge in [-0.15, -0.1) is 0 Å². The average molecular weight is 387 g/mol. The summed E-state index contributed by atoms with van der Waals surface area (Å²) in [4.78, 5) is 17.0. The highest BCUT2D eigenvalue weighted by atomic mass is 127. The molecule has 1 aromatic heterocycles. The van der Waals surface area contributed by atoms with Crippen LogP contribution in [0.2, 0.25) is 0 Å². The summed E-state index contributed by atoms with van der Waals surface area (Å²) in [5.74, 6) is 0.204. The van der Waals surface area contributed by atoms with E-state index < -0.39 is 0 Å². The molecule has 1 amide bonds. The van der Waals surface area contributed by atoms with Crippen LogP contribution >= 0.6 is 0 Å². The minimum Gasteiger partial charge on any atom is -1.00 e. The number of carbonyl (C=O) groups excluding carboxylic acids is 1. The van der Waals surface area contributed by atoms with Crippen molar-refractivity contribution in [2.45, 2.75) is 25.7 Å². The lowest BCUT2D eigenvalue weighted by atomic mass is 10.2. The molecule has 1 aromatic rings. The average Bonchev–Trinajstić information content (AvgIpc) is 3.11. The van der Waals surface area contributed by atoms with E-state index in [0.717, 1.165) is 50.3 Å². The number of hydrogen-bond acceptors (Lipinski definition) is 2. The van der Waals surface area contributed by atoms with E-state index in [1.165, 1.54) is 12.8 Å². The Morgan fingerprint density at radius 3 is 2.35 bits per heavy atom. The monoisotopic (exact) mass is 387 g/mol. The SMILES string of the molecule is C[n+]1ccc(N2CCCC2)c(C(=O)N2CCCC2)c1.[I-]. The van der Waals surface area contributed by atoms with Crippen LogP contribution in [0.15, 0.2) is 18.5 Å². The van der Waals surface area contributed by atoms with Crippen molar-refractivity contribution in [3.05, 3.63) is 24.0 Å². The molecule has 0 aromatic carbocycles. The molecule has 5 heteroatoms. The van der Waals surface area contributed by atoms with E-state index in [1.54, 1.807) is 0 Å². The lowest BCUT2D eigenvalue weighted by Gasteiger charge is -2.22. The molecule has 0 spiro atoms. The second-order valence-corrected chi connectivity index (χ2v) is 5.60. The molecule has 2 fully saturated rings. The molecule has 0 aliphatic carbocycles. The Morgan fingerprint density at radius 1 is 1.10 bits per heavy atom. The Bertz CT molecular complexity index is 480. The van der Waals surface area contributed by atoms with Crippen molar-refractivity contribution in [2.24, 2.45) is 7.05 Å². The summed E-state index contributed by atoms with van der Waals surface area (Å²) < 4.78 is 1.98. The van der Waals surface area contributed by atoms with Gasteiger partial charge in [0, 0.05) is 32.2 Å². The highest BCUT2D eigenvalue weighted by Gasteiger charge is 2.27. The van der Waals surface area contributed by atoms with Crippen molar-refractivity contribution in [1.29, 1.82) is 0 Å². The molecule has 0 radical (unpaired) electrons. The molecule has 110 valence electrons. The molecule has 0 bridgehead atoms. The van der Waals surface area contributed by atoms with Gasteiger partial charge in [-0.3, -0.25) is 4.79 Å². The smallest absolute Gasteiger partial charge is 0.262 e. The number of hydrogen-bond donors (Lipinski definition) is 0. The number of rotatable bonds is 2. The molecular weight excluding hydrogens is 365 g/mol. The predicted molar refractivity (Wildman–Crippen MR) is 74.2 cm³/mol. The van der Waals surface area contributed by atoms with E-state index in [0.29, 0.717) is 0 Å². The van der Waals surface area contributed by atoms with Crippen molar-refractivity contribution < 1.29 is 33.3 Å². The summed E-state index contributed by atoms with van der Waals surface area (Å²) in [7, 11) is 1.98. The maximum Gasteiger partial charge on any atom is 0.262 e. The van der Waals surface area contributed by atoms with E-state index >= 15 is 0 Å². The van der Waals surface area contributed by atoms with Gasteiger partial charge in [0.25, 0.3) is 5.91 Å². The first-order valence-electron chi connectivity index (χ1n) is 7.29. The van der Waals surface area contributed by atoms with Crippen molar-refractivity contribution in [3.63, 3.8) is 0 Å². The van der Waals surface area contributed by atoms with E-state index in [9.17, 15) is 4.79 Å². The summed E-state index contributed by atoms with van der Waals surface area (Å²) in [5, 5.41) is 0. The van der Waals surface area contributed by atoms with E-state index in [2.05, 4.69) is 11.0 Å². The highest BCUT2D eigenvalue weighted by molar-refractivity contribution is 5.99. The summed E-state index contributed by atoms with van der Waals surface area (Å²) >= 11 is 0. The Morgan fingerprint density at radius 2 is 1.70 bits per heavy atom. The lowest BCUT2D eigenvalue weighted by Crippen LogP contribution is -3.00.